The molecule has 35 heavy (non-hydrogen) atoms. The van der Waals surface area contributed by atoms with Crippen molar-refractivity contribution in [3.8, 4) is 22.6 Å². The van der Waals surface area contributed by atoms with Gasteiger partial charge in [-0.15, -0.1) is 0 Å². The van der Waals surface area contributed by atoms with Crippen molar-refractivity contribution in [1.82, 2.24) is 19.9 Å². The Morgan fingerprint density at radius 1 is 0.943 bits per heavy atom. The Labute approximate surface area is 207 Å². The fourth-order valence-electron chi connectivity index (χ4n) is 4.84. The van der Waals surface area contributed by atoms with Crippen LogP contribution in [0.25, 0.3) is 33.5 Å². The predicted molar refractivity (Wildman–Crippen MR) is 141 cm³/mol. The van der Waals surface area contributed by atoms with Gasteiger partial charge in [-0.1, -0.05) is 41.9 Å². The maximum atomic E-state index is 13.0. The average molecular weight is 482 g/mol. The SMILES string of the molecule is Nc1ccc(-c2nc3c(c(=O)[nH]2)CN(Cc2c(-c4ccc(Cl)cc4)[nH]c4ccccc24)CC3)cc1. The molecule has 1 aliphatic heterocycles. The third-order valence-corrected chi connectivity index (χ3v) is 6.91. The van der Waals surface area contributed by atoms with Crippen molar-refractivity contribution in [2.24, 2.45) is 0 Å². The van der Waals surface area contributed by atoms with Gasteiger partial charge in [0, 0.05) is 53.2 Å². The molecule has 3 heterocycles. The van der Waals surface area contributed by atoms with Crippen LogP contribution in [-0.4, -0.2) is 26.4 Å². The molecule has 1 aliphatic rings. The maximum absolute atomic E-state index is 13.0. The molecule has 0 radical (unpaired) electrons. The summed E-state index contributed by atoms with van der Waals surface area (Å²) in [6.07, 6.45) is 0.722. The van der Waals surface area contributed by atoms with Crippen LogP contribution in [0, 0.1) is 0 Å². The van der Waals surface area contributed by atoms with Crippen LogP contribution in [0.3, 0.4) is 0 Å². The molecule has 0 spiro atoms. The highest BCUT2D eigenvalue weighted by Crippen LogP contribution is 2.33. The third-order valence-electron chi connectivity index (χ3n) is 6.66. The molecule has 0 saturated carbocycles. The first kappa shape index (κ1) is 21.6. The summed E-state index contributed by atoms with van der Waals surface area (Å²) in [6, 6.07) is 23.6. The first-order valence-electron chi connectivity index (χ1n) is 11.6. The number of aromatic amines is 2. The molecule has 174 valence electrons. The Balaban J connectivity index is 1.33. The van der Waals surface area contributed by atoms with Gasteiger partial charge in [0.05, 0.1) is 17.0 Å². The normalized spacial score (nSPS) is 13.7. The van der Waals surface area contributed by atoms with E-state index >= 15 is 0 Å². The fraction of sp³-hybridized carbons (Fsp3) is 0.143. The number of hydrogen-bond donors (Lipinski definition) is 3. The Morgan fingerprint density at radius 3 is 2.49 bits per heavy atom. The lowest BCUT2D eigenvalue weighted by Crippen LogP contribution is -2.35. The summed E-state index contributed by atoms with van der Waals surface area (Å²) < 4.78 is 0. The molecule has 0 aliphatic carbocycles. The van der Waals surface area contributed by atoms with Gasteiger partial charge in [0.2, 0.25) is 0 Å². The first-order chi connectivity index (χ1) is 17.0. The van der Waals surface area contributed by atoms with Crippen LogP contribution >= 0.6 is 11.6 Å². The molecule has 7 heteroatoms. The number of hydrogen-bond acceptors (Lipinski definition) is 4. The van der Waals surface area contributed by atoms with Crippen LogP contribution < -0.4 is 11.3 Å². The summed E-state index contributed by atoms with van der Waals surface area (Å²) in [4.78, 5) is 26.7. The third kappa shape index (κ3) is 4.11. The predicted octanol–water partition coefficient (Wildman–Crippen LogP) is 5.38. The van der Waals surface area contributed by atoms with Crippen molar-refractivity contribution in [2.45, 2.75) is 19.5 Å². The minimum absolute atomic E-state index is 0.0802. The van der Waals surface area contributed by atoms with E-state index in [0.717, 1.165) is 53.1 Å². The minimum Gasteiger partial charge on any atom is -0.399 e. The van der Waals surface area contributed by atoms with E-state index in [-0.39, 0.29) is 5.56 Å². The molecule has 2 aromatic heterocycles. The van der Waals surface area contributed by atoms with Crippen LogP contribution in [-0.2, 0) is 19.5 Å². The van der Waals surface area contributed by atoms with Crippen molar-refractivity contribution in [3.63, 3.8) is 0 Å². The highest BCUT2D eigenvalue weighted by atomic mass is 35.5. The molecule has 4 N–H and O–H groups in total. The lowest BCUT2D eigenvalue weighted by molar-refractivity contribution is 0.243. The van der Waals surface area contributed by atoms with E-state index in [1.807, 2.05) is 54.6 Å². The molecule has 0 atom stereocenters. The minimum atomic E-state index is -0.0802. The molecule has 0 fully saturated rings. The van der Waals surface area contributed by atoms with E-state index in [9.17, 15) is 4.79 Å². The average Bonchev–Trinajstić information content (AvgIpc) is 3.23. The molecule has 3 aromatic carbocycles. The summed E-state index contributed by atoms with van der Waals surface area (Å²) in [5.74, 6) is 0.587. The topological polar surface area (TPSA) is 90.8 Å². The monoisotopic (exact) mass is 481 g/mol. The summed E-state index contributed by atoms with van der Waals surface area (Å²) in [6.45, 7) is 2.10. The number of rotatable bonds is 4. The quantitative estimate of drug-likeness (QED) is 0.300. The summed E-state index contributed by atoms with van der Waals surface area (Å²) in [5, 5.41) is 1.90. The van der Waals surface area contributed by atoms with Gasteiger partial charge < -0.3 is 15.7 Å². The number of halogens is 1. The molecular weight excluding hydrogens is 458 g/mol. The van der Waals surface area contributed by atoms with E-state index in [1.54, 1.807) is 0 Å². The Bertz CT molecular complexity index is 1590. The maximum Gasteiger partial charge on any atom is 0.255 e. The standard InChI is InChI=1S/C28H24ClN5O/c29-19-9-5-17(6-10-19)26-22(21-3-1-2-4-24(21)31-26)15-34-14-13-25-23(16-34)28(35)33-27(32-25)18-7-11-20(30)12-8-18/h1-12,31H,13-16,30H2,(H,32,33,35). The molecule has 0 amide bonds. The van der Waals surface area contributed by atoms with Gasteiger partial charge in [-0.2, -0.15) is 0 Å². The summed E-state index contributed by atoms with van der Waals surface area (Å²) in [7, 11) is 0. The molecule has 0 unspecified atom stereocenters. The highest BCUT2D eigenvalue weighted by Gasteiger charge is 2.24. The molecule has 0 saturated heterocycles. The summed E-state index contributed by atoms with van der Waals surface area (Å²) in [5.41, 5.74) is 13.3. The largest absolute Gasteiger partial charge is 0.399 e. The number of nitrogen functional groups attached to an aromatic ring is 1. The number of nitrogens with one attached hydrogen (secondary N) is 2. The number of anilines is 1. The Kier molecular flexibility index (Phi) is 5.40. The van der Waals surface area contributed by atoms with Crippen LogP contribution in [0.15, 0.2) is 77.6 Å². The van der Waals surface area contributed by atoms with Gasteiger partial charge in [0.15, 0.2) is 0 Å². The van der Waals surface area contributed by atoms with Crippen molar-refractivity contribution in [1.29, 1.82) is 0 Å². The van der Waals surface area contributed by atoms with Crippen molar-refractivity contribution in [2.75, 3.05) is 12.3 Å². The second kappa shape index (κ2) is 8.73. The number of nitrogens with zero attached hydrogens (tertiary/aromatic N) is 2. The van der Waals surface area contributed by atoms with Crippen LogP contribution in [0.4, 0.5) is 5.69 Å². The van der Waals surface area contributed by atoms with Gasteiger partial charge in [-0.3, -0.25) is 9.69 Å². The van der Waals surface area contributed by atoms with Gasteiger partial charge in [0.25, 0.3) is 5.56 Å². The zero-order chi connectivity index (χ0) is 23.9. The number of aromatic nitrogens is 3. The molecule has 6 nitrogen and oxygen atoms in total. The van der Waals surface area contributed by atoms with Crippen molar-refractivity contribution in [3.05, 3.63) is 105 Å². The van der Waals surface area contributed by atoms with Crippen molar-refractivity contribution >= 4 is 28.2 Å². The lowest BCUT2D eigenvalue weighted by Gasteiger charge is -2.28. The molecule has 6 rings (SSSR count). The van der Waals surface area contributed by atoms with Crippen LogP contribution in [0.5, 0.6) is 0 Å². The first-order valence-corrected chi connectivity index (χ1v) is 12.0. The Morgan fingerprint density at radius 2 is 1.69 bits per heavy atom. The molecule has 0 bridgehead atoms. The van der Waals surface area contributed by atoms with Gasteiger partial charge in [0.1, 0.15) is 5.82 Å². The fourth-order valence-corrected chi connectivity index (χ4v) is 4.97. The second-order valence-electron chi connectivity index (χ2n) is 8.95. The number of nitrogens with two attached hydrogens (primary N) is 1. The number of fused-ring (bicyclic) bond motifs is 2. The van der Waals surface area contributed by atoms with Crippen LogP contribution in [0.1, 0.15) is 16.8 Å². The lowest BCUT2D eigenvalue weighted by atomic mass is 10.0. The number of para-hydroxylation sites is 1. The van der Waals surface area contributed by atoms with Gasteiger partial charge in [-0.25, -0.2) is 4.98 Å². The van der Waals surface area contributed by atoms with Crippen molar-refractivity contribution < 1.29 is 0 Å². The molecular formula is C28H24ClN5O. The number of H-pyrrole nitrogens is 2. The smallest absolute Gasteiger partial charge is 0.255 e. The van der Waals surface area contributed by atoms with E-state index < -0.39 is 0 Å². The van der Waals surface area contributed by atoms with E-state index in [1.165, 1.54) is 10.9 Å². The summed E-state index contributed by atoms with van der Waals surface area (Å²) >= 11 is 6.13. The second-order valence-corrected chi connectivity index (χ2v) is 9.39. The van der Waals surface area contributed by atoms with E-state index in [4.69, 9.17) is 22.3 Å². The number of benzene rings is 3. The molecule has 5 aromatic rings. The zero-order valence-electron chi connectivity index (χ0n) is 19.0. The Hall–Kier alpha value is -3.87. The highest BCUT2D eigenvalue weighted by molar-refractivity contribution is 6.30. The van der Waals surface area contributed by atoms with E-state index in [0.29, 0.717) is 23.1 Å². The van der Waals surface area contributed by atoms with Gasteiger partial charge >= 0.3 is 0 Å². The van der Waals surface area contributed by atoms with Crippen LogP contribution in [0.2, 0.25) is 5.02 Å². The van der Waals surface area contributed by atoms with Gasteiger partial charge in [-0.05, 0) is 53.6 Å². The van der Waals surface area contributed by atoms with E-state index in [2.05, 4.69) is 33.1 Å². The zero-order valence-corrected chi connectivity index (χ0v) is 19.8.